The fourth-order valence-corrected chi connectivity index (χ4v) is 4.29. The Morgan fingerprint density at radius 2 is 2.00 bits per heavy atom. The number of fused-ring (bicyclic) bond motifs is 1. The van der Waals surface area contributed by atoms with E-state index in [1.165, 1.54) is 0 Å². The molecule has 7 heteroatoms. The first-order valence-electron chi connectivity index (χ1n) is 9.63. The second-order valence-corrected chi connectivity index (χ2v) is 7.40. The summed E-state index contributed by atoms with van der Waals surface area (Å²) >= 11 is 0. The van der Waals surface area contributed by atoms with E-state index in [0.29, 0.717) is 12.1 Å². The van der Waals surface area contributed by atoms with Crippen LogP contribution in [-0.4, -0.2) is 69.6 Å². The number of para-hydroxylation sites is 1. The number of ether oxygens (including phenoxy) is 1. The van der Waals surface area contributed by atoms with Gasteiger partial charge in [0.05, 0.1) is 18.3 Å². The lowest BCUT2D eigenvalue weighted by atomic mass is 10.1. The first-order chi connectivity index (χ1) is 13.3. The third-order valence-electron chi connectivity index (χ3n) is 5.71. The summed E-state index contributed by atoms with van der Waals surface area (Å²) in [5.74, 6) is 1.77. The number of anilines is 1. The quantitative estimate of drug-likeness (QED) is 0.709. The summed E-state index contributed by atoms with van der Waals surface area (Å²) in [6, 6.07) is 11.3. The fraction of sp³-hybridized carbons (Fsp3) is 0.450. The lowest BCUT2D eigenvalue weighted by molar-refractivity contribution is 0.105. The second kappa shape index (κ2) is 6.90. The molecule has 0 aliphatic carbocycles. The number of nitrogens with zero attached hydrogens (tertiary/aromatic N) is 6. The molecule has 0 saturated carbocycles. The van der Waals surface area contributed by atoms with Gasteiger partial charge in [-0.05, 0) is 19.4 Å². The third-order valence-corrected chi connectivity index (χ3v) is 5.71. The Morgan fingerprint density at radius 3 is 2.85 bits per heavy atom. The lowest BCUT2D eigenvalue weighted by Crippen LogP contribution is -2.55. The predicted octanol–water partition coefficient (Wildman–Crippen LogP) is 2.11. The number of hydrogen-bond acceptors (Lipinski definition) is 6. The number of aromatic nitrogens is 4. The number of rotatable bonds is 3. The number of benzene rings is 1. The van der Waals surface area contributed by atoms with E-state index in [1.807, 2.05) is 29.1 Å². The summed E-state index contributed by atoms with van der Waals surface area (Å²) in [6.45, 7) is 7.04. The van der Waals surface area contributed by atoms with Gasteiger partial charge in [-0.1, -0.05) is 18.2 Å². The molecule has 0 radical (unpaired) electrons. The van der Waals surface area contributed by atoms with Gasteiger partial charge in [0.15, 0.2) is 5.82 Å². The van der Waals surface area contributed by atoms with Gasteiger partial charge in [-0.2, -0.15) is 5.10 Å². The molecular weight excluding hydrogens is 340 g/mol. The molecule has 2 aliphatic rings. The van der Waals surface area contributed by atoms with Crippen LogP contribution in [-0.2, 0) is 4.74 Å². The largest absolute Gasteiger partial charge is 0.380 e. The van der Waals surface area contributed by atoms with E-state index in [4.69, 9.17) is 4.74 Å². The minimum Gasteiger partial charge on any atom is -0.380 e. The van der Waals surface area contributed by atoms with Crippen molar-refractivity contribution < 1.29 is 4.74 Å². The maximum absolute atomic E-state index is 5.58. The van der Waals surface area contributed by atoms with Crippen LogP contribution in [0.2, 0.25) is 0 Å². The molecule has 2 fully saturated rings. The smallest absolute Gasteiger partial charge is 0.159 e. The average molecular weight is 364 g/mol. The Balaban J connectivity index is 1.38. The van der Waals surface area contributed by atoms with Crippen LogP contribution in [0.25, 0.3) is 16.7 Å². The van der Waals surface area contributed by atoms with E-state index in [1.54, 1.807) is 6.33 Å². The van der Waals surface area contributed by atoms with E-state index in [0.717, 1.165) is 61.8 Å². The molecule has 0 N–H and O–H groups in total. The molecule has 2 unspecified atom stereocenters. The summed E-state index contributed by atoms with van der Waals surface area (Å²) in [6.07, 6.45) is 4.67. The maximum Gasteiger partial charge on any atom is 0.159 e. The number of piperazine rings is 1. The highest BCUT2D eigenvalue weighted by molar-refractivity contribution is 5.79. The van der Waals surface area contributed by atoms with Gasteiger partial charge in [0, 0.05) is 49.8 Å². The summed E-state index contributed by atoms with van der Waals surface area (Å²) in [4.78, 5) is 13.9. The van der Waals surface area contributed by atoms with Crippen molar-refractivity contribution in [2.45, 2.75) is 25.4 Å². The first-order valence-corrected chi connectivity index (χ1v) is 9.63. The molecule has 140 valence electrons. The molecule has 1 aromatic carbocycles. The SMILES string of the molecule is CC1CN(c2cc(-n3ncc4ccccc43)ncn2)CCN1C1CCOC1. The van der Waals surface area contributed by atoms with Crippen LogP contribution in [0.1, 0.15) is 13.3 Å². The molecule has 7 nitrogen and oxygen atoms in total. The van der Waals surface area contributed by atoms with E-state index in [-0.39, 0.29) is 0 Å². The van der Waals surface area contributed by atoms with Gasteiger partial charge in [0.1, 0.15) is 12.1 Å². The highest BCUT2D eigenvalue weighted by atomic mass is 16.5. The molecule has 2 atom stereocenters. The van der Waals surface area contributed by atoms with Crippen molar-refractivity contribution >= 4 is 16.7 Å². The molecule has 2 saturated heterocycles. The van der Waals surface area contributed by atoms with E-state index in [9.17, 15) is 0 Å². The third kappa shape index (κ3) is 3.07. The van der Waals surface area contributed by atoms with Crippen molar-refractivity contribution in [3.63, 3.8) is 0 Å². The van der Waals surface area contributed by atoms with Gasteiger partial charge in [0.2, 0.25) is 0 Å². The van der Waals surface area contributed by atoms with Gasteiger partial charge in [-0.15, -0.1) is 0 Å². The molecule has 4 heterocycles. The van der Waals surface area contributed by atoms with Crippen LogP contribution in [0.15, 0.2) is 42.9 Å². The van der Waals surface area contributed by atoms with Crippen molar-refractivity contribution in [3.8, 4) is 5.82 Å². The Kier molecular flexibility index (Phi) is 4.26. The van der Waals surface area contributed by atoms with Crippen LogP contribution in [0.5, 0.6) is 0 Å². The molecule has 0 spiro atoms. The van der Waals surface area contributed by atoms with Gasteiger partial charge >= 0.3 is 0 Å². The van der Waals surface area contributed by atoms with Crippen LogP contribution in [0.3, 0.4) is 0 Å². The van der Waals surface area contributed by atoms with E-state index in [2.05, 4.69) is 43.9 Å². The summed E-state index contributed by atoms with van der Waals surface area (Å²) in [5, 5.41) is 5.63. The molecular formula is C20H24N6O. The van der Waals surface area contributed by atoms with Crippen molar-refractivity contribution in [2.75, 3.05) is 37.7 Å². The van der Waals surface area contributed by atoms with Crippen LogP contribution >= 0.6 is 0 Å². The first kappa shape index (κ1) is 16.6. The Labute approximate surface area is 158 Å². The summed E-state index contributed by atoms with van der Waals surface area (Å²) < 4.78 is 7.46. The van der Waals surface area contributed by atoms with Crippen molar-refractivity contribution in [3.05, 3.63) is 42.9 Å². The van der Waals surface area contributed by atoms with E-state index >= 15 is 0 Å². The highest BCUT2D eigenvalue weighted by Gasteiger charge is 2.32. The zero-order valence-electron chi connectivity index (χ0n) is 15.5. The van der Waals surface area contributed by atoms with Gasteiger partial charge in [-0.3, -0.25) is 4.90 Å². The van der Waals surface area contributed by atoms with Gasteiger partial charge < -0.3 is 9.64 Å². The Bertz CT molecular complexity index is 935. The van der Waals surface area contributed by atoms with Crippen LogP contribution in [0.4, 0.5) is 5.82 Å². The van der Waals surface area contributed by atoms with Gasteiger partial charge in [0.25, 0.3) is 0 Å². The van der Waals surface area contributed by atoms with E-state index < -0.39 is 0 Å². The molecule has 0 bridgehead atoms. The van der Waals surface area contributed by atoms with Crippen molar-refractivity contribution in [2.24, 2.45) is 0 Å². The molecule has 5 rings (SSSR count). The molecule has 0 amide bonds. The standard InChI is InChI=1S/C20H24N6O/c1-15-12-24(7-8-25(15)17-6-9-27-13-17)19-10-20(22-14-21-19)26-18-5-3-2-4-16(18)11-23-26/h2-5,10-11,14-15,17H,6-9,12-13H2,1H3. The molecule has 2 aliphatic heterocycles. The Morgan fingerprint density at radius 1 is 1.11 bits per heavy atom. The highest BCUT2D eigenvalue weighted by Crippen LogP contribution is 2.24. The number of hydrogen-bond donors (Lipinski definition) is 0. The lowest BCUT2D eigenvalue weighted by Gasteiger charge is -2.43. The summed E-state index contributed by atoms with van der Waals surface area (Å²) in [7, 11) is 0. The maximum atomic E-state index is 5.58. The monoisotopic (exact) mass is 364 g/mol. The fourth-order valence-electron chi connectivity index (χ4n) is 4.29. The van der Waals surface area contributed by atoms with Gasteiger partial charge in [-0.25, -0.2) is 14.6 Å². The van der Waals surface area contributed by atoms with Crippen LogP contribution < -0.4 is 4.90 Å². The van der Waals surface area contributed by atoms with Crippen molar-refractivity contribution in [1.29, 1.82) is 0 Å². The molecule has 3 aromatic rings. The predicted molar refractivity (Wildman–Crippen MR) is 104 cm³/mol. The zero-order valence-corrected chi connectivity index (χ0v) is 15.5. The average Bonchev–Trinajstić information content (AvgIpc) is 3.38. The minimum atomic E-state index is 0.481. The van der Waals surface area contributed by atoms with Crippen molar-refractivity contribution in [1.82, 2.24) is 24.6 Å². The zero-order chi connectivity index (χ0) is 18.2. The second-order valence-electron chi connectivity index (χ2n) is 7.40. The normalized spacial score (nSPS) is 24.0. The molecule has 27 heavy (non-hydrogen) atoms. The minimum absolute atomic E-state index is 0.481. The Hall–Kier alpha value is -2.51. The molecule has 2 aromatic heterocycles. The topological polar surface area (TPSA) is 59.3 Å². The van der Waals surface area contributed by atoms with Crippen LogP contribution in [0, 0.1) is 0 Å². The summed E-state index contributed by atoms with van der Waals surface area (Å²) in [5.41, 5.74) is 1.06.